The Labute approximate surface area is 175 Å². The lowest BCUT2D eigenvalue weighted by molar-refractivity contribution is -0.129. The average Bonchev–Trinajstić information content (AvgIpc) is 2.71. The summed E-state index contributed by atoms with van der Waals surface area (Å²) in [6.07, 6.45) is 0.998. The van der Waals surface area contributed by atoms with Crippen LogP contribution in [-0.2, 0) is 22.6 Å². The van der Waals surface area contributed by atoms with Crippen molar-refractivity contribution < 1.29 is 9.59 Å². The maximum atomic E-state index is 12.3. The van der Waals surface area contributed by atoms with E-state index in [1.165, 1.54) is 0 Å². The van der Waals surface area contributed by atoms with E-state index in [4.69, 9.17) is 28.5 Å². The first-order valence-corrected chi connectivity index (χ1v) is 9.66. The molecular weight excluding hydrogens is 390 g/mol. The molecule has 29 heavy (non-hydrogen) atoms. The van der Waals surface area contributed by atoms with Crippen LogP contribution in [0.1, 0.15) is 30.0 Å². The number of carbonyl (C=O) groups is 2. The van der Waals surface area contributed by atoms with Crippen LogP contribution in [0.25, 0.3) is 0 Å². The van der Waals surface area contributed by atoms with Crippen molar-refractivity contribution in [1.82, 2.24) is 10.6 Å². The van der Waals surface area contributed by atoms with Crippen molar-refractivity contribution in [2.75, 3.05) is 0 Å². The lowest BCUT2D eigenvalue weighted by atomic mass is 10.0. The molecule has 2 rings (SSSR count). The number of nitrogens with one attached hydrogen (secondary N) is 3. The molecule has 0 aromatic heterocycles. The van der Waals surface area contributed by atoms with Crippen LogP contribution in [-0.4, -0.2) is 29.7 Å². The highest BCUT2D eigenvalue weighted by Gasteiger charge is 2.20. The molecule has 0 bridgehead atoms. The molecule has 7 N–H and O–H groups in total. The molecule has 154 valence electrons. The molecule has 0 saturated carbocycles. The minimum atomic E-state index is -0.736. The first-order valence-electron chi connectivity index (χ1n) is 9.28. The second kappa shape index (κ2) is 10.6. The van der Waals surface area contributed by atoms with Gasteiger partial charge in [-0.25, -0.2) is 0 Å². The van der Waals surface area contributed by atoms with Gasteiger partial charge in [0.05, 0.1) is 6.04 Å². The fraction of sp³-hybridized carbons (Fsp3) is 0.286. The van der Waals surface area contributed by atoms with Gasteiger partial charge in [0.1, 0.15) is 11.9 Å². The smallest absolute Gasteiger partial charge is 0.242 e. The molecule has 0 aliphatic heterocycles. The Bertz CT molecular complexity index is 870. The van der Waals surface area contributed by atoms with Crippen LogP contribution < -0.4 is 22.1 Å². The van der Waals surface area contributed by atoms with E-state index < -0.39 is 12.1 Å². The summed E-state index contributed by atoms with van der Waals surface area (Å²) in [5.41, 5.74) is 13.8. The SMILES string of the molecule is C[C@H](NC(=O)[C@H](N)CCc1ccccc1Cl)C(=O)NCc1ccc(C(=N)N)cc1. The zero-order chi connectivity index (χ0) is 21.4. The summed E-state index contributed by atoms with van der Waals surface area (Å²) in [6, 6.07) is 13.0. The van der Waals surface area contributed by atoms with Crippen molar-refractivity contribution in [2.24, 2.45) is 11.5 Å². The quantitative estimate of drug-likeness (QED) is 0.314. The number of nitrogen functional groups attached to an aromatic ring is 1. The first kappa shape index (κ1) is 22.4. The third-order valence-corrected chi connectivity index (χ3v) is 4.87. The van der Waals surface area contributed by atoms with Gasteiger partial charge in [-0.2, -0.15) is 0 Å². The predicted molar refractivity (Wildman–Crippen MR) is 115 cm³/mol. The van der Waals surface area contributed by atoms with E-state index in [2.05, 4.69) is 10.6 Å². The van der Waals surface area contributed by atoms with Gasteiger partial charge in [0, 0.05) is 17.1 Å². The van der Waals surface area contributed by atoms with Crippen LogP contribution in [0, 0.1) is 5.41 Å². The molecule has 0 aliphatic carbocycles. The standard InChI is InChI=1S/C21H26ClN5O2/c1-13(20(28)26-12-14-6-8-16(9-7-14)19(24)25)27-21(29)18(23)11-10-15-4-2-3-5-17(15)22/h2-9,13,18H,10-12,23H2,1H3,(H3,24,25)(H,26,28)(H,27,29)/t13-,18+/m0/s1. The molecule has 2 aromatic rings. The van der Waals surface area contributed by atoms with Crippen LogP contribution in [0.5, 0.6) is 0 Å². The molecule has 0 aliphatic rings. The Morgan fingerprint density at radius 1 is 1.10 bits per heavy atom. The van der Waals surface area contributed by atoms with Crippen molar-refractivity contribution in [2.45, 2.75) is 38.4 Å². The number of nitrogens with two attached hydrogens (primary N) is 2. The number of benzene rings is 2. The second-order valence-electron chi connectivity index (χ2n) is 6.80. The van der Waals surface area contributed by atoms with Crippen LogP contribution >= 0.6 is 11.6 Å². The van der Waals surface area contributed by atoms with Gasteiger partial charge < -0.3 is 22.1 Å². The van der Waals surface area contributed by atoms with Gasteiger partial charge in [-0.05, 0) is 37.0 Å². The number of aryl methyl sites for hydroxylation is 1. The summed E-state index contributed by atoms with van der Waals surface area (Å²) in [5, 5.41) is 13.4. The van der Waals surface area contributed by atoms with E-state index in [1.807, 2.05) is 18.2 Å². The fourth-order valence-corrected chi connectivity index (χ4v) is 2.90. The molecule has 0 radical (unpaired) electrons. The molecule has 0 fully saturated rings. The topological polar surface area (TPSA) is 134 Å². The highest BCUT2D eigenvalue weighted by Crippen LogP contribution is 2.17. The first-order chi connectivity index (χ1) is 13.8. The third kappa shape index (κ3) is 6.89. The Hall–Kier alpha value is -2.90. The molecule has 0 saturated heterocycles. The summed E-state index contributed by atoms with van der Waals surface area (Å²) in [5.74, 6) is -0.708. The third-order valence-electron chi connectivity index (χ3n) is 4.50. The molecule has 2 amide bonds. The average molecular weight is 416 g/mol. The zero-order valence-electron chi connectivity index (χ0n) is 16.2. The van der Waals surface area contributed by atoms with Crippen molar-refractivity contribution >= 4 is 29.3 Å². The van der Waals surface area contributed by atoms with Gasteiger partial charge in [-0.1, -0.05) is 54.1 Å². The Morgan fingerprint density at radius 2 is 1.76 bits per heavy atom. The van der Waals surface area contributed by atoms with Gasteiger partial charge in [-0.15, -0.1) is 0 Å². The maximum absolute atomic E-state index is 12.3. The molecule has 0 unspecified atom stereocenters. The van der Waals surface area contributed by atoms with Crippen LogP contribution in [0.2, 0.25) is 5.02 Å². The van der Waals surface area contributed by atoms with Crippen LogP contribution in [0.15, 0.2) is 48.5 Å². The summed E-state index contributed by atoms with van der Waals surface area (Å²) < 4.78 is 0. The van der Waals surface area contributed by atoms with E-state index in [0.717, 1.165) is 11.1 Å². The molecule has 7 nitrogen and oxygen atoms in total. The highest BCUT2D eigenvalue weighted by atomic mass is 35.5. The number of halogens is 1. The summed E-state index contributed by atoms with van der Waals surface area (Å²) in [6.45, 7) is 1.91. The number of rotatable bonds is 9. The van der Waals surface area contributed by atoms with Gasteiger partial charge in [0.15, 0.2) is 0 Å². The Balaban J connectivity index is 1.77. The Kier molecular flexibility index (Phi) is 8.18. The number of amidine groups is 1. The van der Waals surface area contributed by atoms with Crippen molar-refractivity contribution in [3.63, 3.8) is 0 Å². The predicted octanol–water partition coefficient (Wildman–Crippen LogP) is 1.71. The van der Waals surface area contributed by atoms with Crippen molar-refractivity contribution in [3.8, 4) is 0 Å². The summed E-state index contributed by atoms with van der Waals surface area (Å²) in [7, 11) is 0. The van der Waals surface area contributed by atoms with Crippen molar-refractivity contribution in [1.29, 1.82) is 5.41 Å². The number of hydrogen-bond acceptors (Lipinski definition) is 4. The minimum Gasteiger partial charge on any atom is -0.384 e. The number of carbonyl (C=O) groups excluding carboxylic acids is 2. The zero-order valence-corrected chi connectivity index (χ0v) is 17.0. The van der Waals surface area contributed by atoms with Crippen molar-refractivity contribution in [3.05, 3.63) is 70.2 Å². The highest BCUT2D eigenvalue weighted by molar-refractivity contribution is 6.31. The van der Waals surface area contributed by atoms with E-state index in [1.54, 1.807) is 37.3 Å². The number of amides is 2. The van der Waals surface area contributed by atoms with Gasteiger partial charge in [-0.3, -0.25) is 15.0 Å². The number of hydrogen-bond donors (Lipinski definition) is 5. The summed E-state index contributed by atoms with van der Waals surface area (Å²) >= 11 is 6.11. The van der Waals surface area contributed by atoms with Gasteiger partial charge in [0.2, 0.25) is 11.8 Å². The Morgan fingerprint density at radius 3 is 2.38 bits per heavy atom. The normalized spacial score (nSPS) is 12.7. The summed E-state index contributed by atoms with van der Waals surface area (Å²) in [4.78, 5) is 24.5. The lowest BCUT2D eigenvalue weighted by Gasteiger charge is -2.17. The lowest BCUT2D eigenvalue weighted by Crippen LogP contribution is -2.50. The van der Waals surface area contributed by atoms with E-state index in [-0.39, 0.29) is 17.6 Å². The molecule has 0 heterocycles. The van der Waals surface area contributed by atoms with Crippen LogP contribution in [0.4, 0.5) is 0 Å². The van der Waals surface area contributed by atoms with Gasteiger partial charge >= 0.3 is 0 Å². The minimum absolute atomic E-state index is 0.0113. The largest absolute Gasteiger partial charge is 0.384 e. The van der Waals surface area contributed by atoms with E-state index >= 15 is 0 Å². The maximum Gasteiger partial charge on any atom is 0.242 e. The molecular formula is C21H26ClN5O2. The van der Waals surface area contributed by atoms with E-state index in [9.17, 15) is 9.59 Å². The molecule has 0 spiro atoms. The van der Waals surface area contributed by atoms with Crippen LogP contribution in [0.3, 0.4) is 0 Å². The molecule has 2 atom stereocenters. The van der Waals surface area contributed by atoms with E-state index in [0.29, 0.717) is 30.0 Å². The molecule has 8 heteroatoms. The van der Waals surface area contributed by atoms with Gasteiger partial charge in [0.25, 0.3) is 0 Å². The monoisotopic (exact) mass is 415 g/mol. The molecule has 2 aromatic carbocycles. The fourth-order valence-electron chi connectivity index (χ4n) is 2.67. The second-order valence-corrected chi connectivity index (χ2v) is 7.20.